The van der Waals surface area contributed by atoms with Gasteiger partial charge < -0.3 is 15.0 Å². The van der Waals surface area contributed by atoms with Gasteiger partial charge in [-0.1, -0.05) is 13.3 Å². The monoisotopic (exact) mass is 306 g/mol. The maximum atomic E-state index is 12.6. The molecular formula is C16H26N4O2. The first-order valence-electron chi connectivity index (χ1n) is 7.94. The highest BCUT2D eigenvalue weighted by Crippen LogP contribution is 2.33. The van der Waals surface area contributed by atoms with Crippen LogP contribution in [0.1, 0.15) is 44.1 Å². The van der Waals surface area contributed by atoms with E-state index in [9.17, 15) is 4.79 Å². The standard InChI is InChI=1S/C16H26N4O2/c1-4-7-16(12-22-3)8-5-10-20(16)15(21)18-11-14-6-9-17-13(2)19-14/h6,9H,4-5,7-8,10-12H2,1-3H3,(H,18,21). The number of nitrogens with zero attached hydrogens (tertiary/aromatic N) is 3. The van der Waals surface area contributed by atoms with Crippen LogP contribution in [0.3, 0.4) is 0 Å². The van der Waals surface area contributed by atoms with Crippen molar-refractivity contribution < 1.29 is 9.53 Å². The molecule has 1 unspecified atom stereocenters. The Balaban J connectivity index is 2.01. The highest BCUT2D eigenvalue weighted by atomic mass is 16.5. The first kappa shape index (κ1) is 16.7. The van der Waals surface area contributed by atoms with Crippen molar-refractivity contribution in [2.45, 2.75) is 51.6 Å². The Bertz CT molecular complexity index is 501. The van der Waals surface area contributed by atoms with Gasteiger partial charge in [-0.25, -0.2) is 14.8 Å². The predicted octanol–water partition coefficient (Wildman–Crippen LogP) is 2.28. The molecule has 1 saturated heterocycles. The van der Waals surface area contributed by atoms with Crippen LogP contribution in [-0.4, -0.2) is 46.7 Å². The Morgan fingerprint density at radius 3 is 3.05 bits per heavy atom. The van der Waals surface area contributed by atoms with Crippen molar-refractivity contribution >= 4 is 6.03 Å². The molecule has 0 spiro atoms. The lowest BCUT2D eigenvalue weighted by molar-refractivity contribution is 0.0500. The van der Waals surface area contributed by atoms with Gasteiger partial charge in [-0.05, 0) is 32.3 Å². The number of amides is 2. The Morgan fingerprint density at radius 2 is 2.36 bits per heavy atom. The minimum absolute atomic E-state index is 0.0285. The van der Waals surface area contributed by atoms with Gasteiger partial charge in [-0.15, -0.1) is 0 Å². The van der Waals surface area contributed by atoms with Gasteiger partial charge >= 0.3 is 6.03 Å². The molecule has 1 N–H and O–H groups in total. The van der Waals surface area contributed by atoms with E-state index in [0.29, 0.717) is 19.0 Å². The molecule has 0 aromatic carbocycles. The average molecular weight is 306 g/mol. The van der Waals surface area contributed by atoms with E-state index in [1.807, 2.05) is 17.9 Å². The normalized spacial score (nSPS) is 21.1. The SMILES string of the molecule is CCCC1(COC)CCCN1C(=O)NCc1ccnc(C)n1. The van der Waals surface area contributed by atoms with Crippen LogP contribution < -0.4 is 5.32 Å². The van der Waals surface area contributed by atoms with Gasteiger partial charge in [0, 0.05) is 19.9 Å². The topological polar surface area (TPSA) is 67.3 Å². The summed E-state index contributed by atoms with van der Waals surface area (Å²) in [6, 6.07) is 1.80. The second-order valence-electron chi connectivity index (χ2n) is 5.92. The van der Waals surface area contributed by atoms with Crippen molar-refractivity contribution in [1.82, 2.24) is 20.2 Å². The van der Waals surface area contributed by atoms with Gasteiger partial charge in [0.1, 0.15) is 5.82 Å². The van der Waals surface area contributed by atoms with Crippen LogP contribution in [0, 0.1) is 6.92 Å². The number of nitrogens with one attached hydrogen (secondary N) is 1. The van der Waals surface area contributed by atoms with Crippen LogP contribution in [-0.2, 0) is 11.3 Å². The van der Waals surface area contributed by atoms with E-state index >= 15 is 0 Å². The van der Waals surface area contributed by atoms with Crippen molar-refractivity contribution in [3.63, 3.8) is 0 Å². The molecule has 2 rings (SSSR count). The van der Waals surface area contributed by atoms with Crippen LogP contribution in [0.25, 0.3) is 0 Å². The fraction of sp³-hybridized carbons (Fsp3) is 0.688. The molecule has 1 atom stereocenters. The molecule has 1 fully saturated rings. The van der Waals surface area contributed by atoms with E-state index in [-0.39, 0.29) is 11.6 Å². The van der Waals surface area contributed by atoms with Crippen LogP contribution in [0.2, 0.25) is 0 Å². The van der Waals surface area contributed by atoms with Crippen LogP contribution >= 0.6 is 0 Å². The molecular weight excluding hydrogens is 280 g/mol. The molecule has 2 amide bonds. The number of carbonyl (C=O) groups excluding carboxylic acids is 1. The third-order valence-corrected chi connectivity index (χ3v) is 4.22. The lowest BCUT2D eigenvalue weighted by atomic mass is 9.91. The molecule has 1 aliphatic rings. The van der Waals surface area contributed by atoms with Crippen LogP contribution in [0.15, 0.2) is 12.3 Å². The molecule has 1 aromatic heterocycles. The molecule has 1 aliphatic heterocycles. The van der Waals surface area contributed by atoms with Gasteiger partial charge in [0.25, 0.3) is 0 Å². The largest absolute Gasteiger partial charge is 0.382 e. The quantitative estimate of drug-likeness (QED) is 0.875. The van der Waals surface area contributed by atoms with Crippen molar-refractivity contribution in [2.75, 3.05) is 20.3 Å². The second-order valence-corrected chi connectivity index (χ2v) is 5.92. The van der Waals surface area contributed by atoms with E-state index < -0.39 is 0 Å². The molecule has 0 aliphatic carbocycles. The number of aromatic nitrogens is 2. The van der Waals surface area contributed by atoms with E-state index in [4.69, 9.17) is 4.74 Å². The lowest BCUT2D eigenvalue weighted by Crippen LogP contribution is -2.53. The van der Waals surface area contributed by atoms with Crippen molar-refractivity contribution in [1.29, 1.82) is 0 Å². The summed E-state index contributed by atoms with van der Waals surface area (Å²) in [7, 11) is 1.70. The summed E-state index contributed by atoms with van der Waals surface area (Å²) < 4.78 is 5.40. The molecule has 6 nitrogen and oxygen atoms in total. The number of urea groups is 1. The third kappa shape index (κ3) is 3.74. The first-order chi connectivity index (χ1) is 10.6. The maximum Gasteiger partial charge on any atom is 0.318 e. The number of aryl methyl sites for hydroxylation is 1. The fourth-order valence-electron chi connectivity index (χ4n) is 3.34. The molecule has 0 radical (unpaired) electrons. The van der Waals surface area contributed by atoms with Crippen LogP contribution in [0.4, 0.5) is 4.79 Å². The number of likely N-dealkylation sites (tertiary alicyclic amines) is 1. The van der Waals surface area contributed by atoms with Crippen molar-refractivity contribution in [3.8, 4) is 0 Å². The van der Waals surface area contributed by atoms with Crippen molar-refractivity contribution in [3.05, 3.63) is 23.8 Å². The van der Waals surface area contributed by atoms with E-state index in [1.54, 1.807) is 13.3 Å². The summed E-state index contributed by atoms with van der Waals surface area (Å²) in [5, 5.41) is 2.98. The minimum Gasteiger partial charge on any atom is -0.382 e. The Morgan fingerprint density at radius 1 is 1.55 bits per heavy atom. The lowest BCUT2D eigenvalue weighted by Gasteiger charge is -2.38. The van der Waals surface area contributed by atoms with Gasteiger partial charge in [0.15, 0.2) is 0 Å². The zero-order chi connectivity index (χ0) is 16.0. The predicted molar refractivity (Wildman–Crippen MR) is 84.5 cm³/mol. The summed E-state index contributed by atoms with van der Waals surface area (Å²) >= 11 is 0. The number of methoxy groups -OCH3 is 1. The number of rotatable bonds is 6. The maximum absolute atomic E-state index is 12.6. The van der Waals surface area contributed by atoms with E-state index in [1.165, 1.54) is 0 Å². The summed E-state index contributed by atoms with van der Waals surface area (Å²) in [6.07, 6.45) is 5.77. The smallest absolute Gasteiger partial charge is 0.318 e. The Labute approximate surface area is 132 Å². The zero-order valence-corrected chi connectivity index (χ0v) is 13.8. The second kappa shape index (κ2) is 7.54. The first-order valence-corrected chi connectivity index (χ1v) is 7.94. The van der Waals surface area contributed by atoms with E-state index in [0.717, 1.165) is 37.9 Å². The highest BCUT2D eigenvalue weighted by molar-refractivity contribution is 5.75. The molecule has 122 valence electrons. The Kier molecular flexibility index (Phi) is 5.71. The average Bonchev–Trinajstić information content (AvgIpc) is 2.89. The van der Waals surface area contributed by atoms with Gasteiger partial charge in [0.2, 0.25) is 0 Å². The number of hydrogen-bond donors (Lipinski definition) is 1. The van der Waals surface area contributed by atoms with Crippen molar-refractivity contribution in [2.24, 2.45) is 0 Å². The van der Waals surface area contributed by atoms with Gasteiger partial charge in [-0.2, -0.15) is 0 Å². The molecule has 22 heavy (non-hydrogen) atoms. The highest BCUT2D eigenvalue weighted by Gasteiger charge is 2.42. The molecule has 0 saturated carbocycles. The summed E-state index contributed by atoms with van der Waals surface area (Å²) in [4.78, 5) is 22.9. The summed E-state index contributed by atoms with van der Waals surface area (Å²) in [6.45, 7) is 5.80. The fourth-order valence-corrected chi connectivity index (χ4v) is 3.34. The van der Waals surface area contributed by atoms with Gasteiger partial charge in [0.05, 0.1) is 24.4 Å². The van der Waals surface area contributed by atoms with Gasteiger partial charge in [-0.3, -0.25) is 0 Å². The third-order valence-electron chi connectivity index (χ3n) is 4.22. The van der Waals surface area contributed by atoms with Crippen LogP contribution in [0.5, 0.6) is 0 Å². The molecule has 2 heterocycles. The minimum atomic E-state index is -0.158. The van der Waals surface area contributed by atoms with E-state index in [2.05, 4.69) is 22.2 Å². The molecule has 0 bridgehead atoms. The summed E-state index contributed by atoms with van der Waals surface area (Å²) in [5.41, 5.74) is 0.669. The zero-order valence-electron chi connectivity index (χ0n) is 13.8. The number of ether oxygens (including phenoxy) is 1. The number of carbonyl (C=O) groups is 1. The molecule has 1 aromatic rings. The summed E-state index contributed by atoms with van der Waals surface area (Å²) in [5.74, 6) is 0.715. The molecule has 6 heteroatoms. The number of hydrogen-bond acceptors (Lipinski definition) is 4. The Hall–Kier alpha value is -1.69.